The molecule has 3 aromatic heterocycles. The number of anilines is 3. The van der Waals surface area contributed by atoms with Gasteiger partial charge in [0.1, 0.15) is 5.52 Å². The molecule has 0 radical (unpaired) electrons. The van der Waals surface area contributed by atoms with Crippen LogP contribution in [-0.4, -0.2) is 44.1 Å². The van der Waals surface area contributed by atoms with Crippen LogP contribution in [0.1, 0.15) is 66.0 Å². The van der Waals surface area contributed by atoms with E-state index in [1.165, 1.54) is 6.20 Å². The highest BCUT2D eigenvalue weighted by Crippen LogP contribution is 2.47. The summed E-state index contributed by atoms with van der Waals surface area (Å²) in [6.45, 7) is 13.6. The number of pyridine rings is 2. The van der Waals surface area contributed by atoms with Crippen LogP contribution in [0.2, 0.25) is 0 Å². The fraction of sp³-hybridized carbons (Fsp3) is 0.438. The Morgan fingerprint density at radius 1 is 1.12 bits per heavy atom. The quantitative estimate of drug-likeness (QED) is 0.263. The molecule has 2 aliphatic rings. The molecule has 41 heavy (non-hydrogen) atoms. The summed E-state index contributed by atoms with van der Waals surface area (Å²) < 4.78 is 16.6. The van der Waals surface area contributed by atoms with Gasteiger partial charge in [-0.3, -0.25) is 9.78 Å². The second-order valence-electron chi connectivity index (χ2n) is 12.6. The van der Waals surface area contributed by atoms with Crippen molar-refractivity contribution in [2.45, 2.75) is 77.9 Å². The summed E-state index contributed by atoms with van der Waals surface area (Å²) in [6, 6.07) is 10.5. The summed E-state index contributed by atoms with van der Waals surface area (Å²) in [5, 5.41) is 6.82. The van der Waals surface area contributed by atoms with Crippen molar-refractivity contribution in [3.05, 3.63) is 60.4 Å². The number of amides is 1. The van der Waals surface area contributed by atoms with Gasteiger partial charge in [-0.1, -0.05) is 26.0 Å². The van der Waals surface area contributed by atoms with Crippen LogP contribution in [0.3, 0.4) is 0 Å². The van der Waals surface area contributed by atoms with E-state index in [9.17, 15) is 9.18 Å². The highest BCUT2D eigenvalue weighted by molar-refractivity contribution is 6.08. The van der Waals surface area contributed by atoms with Crippen molar-refractivity contribution in [3.63, 3.8) is 0 Å². The number of imidazole rings is 1. The number of rotatable bonds is 8. The third-order valence-electron chi connectivity index (χ3n) is 8.41. The fourth-order valence-electron chi connectivity index (χ4n) is 5.97. The summed E-state index contributed by atoms with van der Waals surface area (Å²) >= 11 is 0. The van der Waals surface area contributed by atoms with E-state index in [1.54, 1.807) is 18.6 Å². The molecule has 9 heteroatoms. The van der Waals surface area contributed by atoms with Gasteiger partial charge in [0, 0.05) is 35.6 Å². The van der Waals surface area contributed by atoms with Gasteiger partial charge in [-0.05, 0) is 76.8 Å². The van der Waals surface area contributed by atoms with Gasteiger partial charge in [0.2, 0.25) is 5.91 Å². The molecule has 1 aliphatic heterocycles. The Bertz CT molecular complexity index is 1620. The maximum absolute atomic E-state index is 14.6. The van der Waals surface area contributed by atoms with Crippen LogP contribution in [0.25, 0.3) is 22.3 Å². The lowest BCUT2D eigenvalue weighted by molar-refractivity contribution is -0.123. The van der Waals surface area contributed by atoms with Gasteiger partial charge >= 0.3 is 0 Å². The average Bonchev–Trinajstić information content (AvgIpc) is 3.42. The number of nitrogens with one attached hydrogen (secondary N) is 2. The molecule has 1 fully saturated rings. The zero-order valence-corrected chi connectivity index (χ0v) is 24.6. The second-order valence-corrected chi connectivity index (χ2v) is 12.6. The van der Waals surface area contributed by atoms with Crippen molar-refractivity contribution < 1.29 is 9.18 Å². The first-order valence-corrected chi connectivity index (χ1v) is 14.5. The molecule has 0 bridgehead atoms. The van der Waals surface area contributed by atoms with Gasteiger partial charge < -0.3 is 20.1 Å². The third kappa shape index (κ3) is 4.76. The van der Waals surface area contributed by atoms with Gasteiger partial charge in [-0.25, -0.2) is 14.4 Å². The summed E-state index contributed by atoms with van der Waals surface area (Å²) in [5.41, 5.74) is 4.83. The molecule has 214 valence electrons. The number of hydrogen-bond donors (Lipinski definition) is 2. The van der Waals surface area contributed by atoms with Crippen LogP contribution in [0.15, 0.2) is 49.1 Å². The van der Waals surface area contributed by atoms with E-state index in [4.69, 9.17) is 4.98 Å². The lowest BCUT2D eigenvalue weighted by Gasteiger charge is -2.42. The molecule has 1 aliphatic carbocycles. The molecule has 0 atom stereocenters. The summed E-state index contributed by atoms with van der Waals surface area (Å²) in [7, 11) is 0. The highest BCUT2D eigenvalue weighted by Gasteiger charge is 2.49. The lowest BCUT2D eigenvalue weighted by Crippen LogP contribution is -2.55. The van der Waals surface area contributed by atoms with Gasteiger partial charge in [-0.15, -0.1) is 0 Å². The Labute approximate surface area is 240 Å². The number of hydrogen-bond acceptors (Lipinski definition) is 6. The predicted octanol–water partition coefficient (Wildman–Crippen LogP) is 6.36. The topological polar surface area (TPSA) is 88.0 Å². The van der Waals surface area contributed by atoms with Crippen molar-refractivity contribution in [3.8, 4) is 11.3 Å². The molecule has 1 amide bonds. The van der Waals surface area contributed by atoms with Crippen LogP contribution in [0.4, 0.5) is 21.6 Å². The normalized spacial score (nSPS) is 19.7. The first-order chi connectivity index (χ1) is 19.5. The minimum absolute atomic E-state index is 0.138. The maximum atomic E-state index is 14.6. The number of nitrogens with zero attached hydrogens (tertiary/aromatic N) is 5. The number of aromatic nitrogens is 4. The summed E-state index contributed by atoms with van der Waals surface area (Å²) in [6.07, 6.45) is 6.41. The zero-order valence-electron chi connectivity index (χ0n) is 24.6. The average molecular weight is 556 g/mol. The molecule has 0 unspecified atom stereocenters. The molecule has 6 rings (SSSR count). The van der Waals surface area contributed by atoms with Crippen molar-refractivity contribution in [2.24, 2.45) is 5.92 Å². The molecule has 4 aromatic rings. The summed E-state index contributed by atoms with van der Waals surface area (Å²) in [5.74, 6) is 0.794. The van der Waals surface area contributed by atoms with E-state index in [2.05, 4.69) is 60.4 Å². The van der Waals surface area contributed by atoms with Crippen LogP contribution >= 0.6 is 0 Å². The van der Waals surface area contributed by atoms with Gasteiger partial charge in [-0.2, -0.15) is 0 Å². The number of benzene rings is 1. The first-order valence-electron chi connectivity index (χ1n) is 14.5. The van der Waals surface area contributed by atoms with Crippen molar-refractivity contribution >= 4 is 34.1 Å². The molecule has 8 nitrogen and oxygen atoms in total. The SMILES string of the molecule is CC(C)CNC1CC(N2C(=O)C(C)(C)c3ccc(-c4cc5ncn(C(C)C)c5c(Nc5ccncc5F)n4)cc32)C1. The van der Waals surface area contributed by atoms with E-state index in [0.717, 1.165) is 47.2 Å². The lowest BCUT2D eigenvalue weighted by atomic mass is 9.84. The van der Waals surface area contributed by atoms with E-state index in [-0.39, 0.29) is 18.0 Å². The minimum Gasteiger partial charge on any atom is -0.336 e. The molecular weight excluding hydrogens is 517 g/mol. The Morgan fingerprint density at radius 2 is 1.90 bits per heavy atom. The molecule has 1 saturated carbocycles. The zero-order chi connectivity index (χ0) is 29.1. The van der Waals surface area contributed by atoms with Crippen LogP contribution in [0.5, 0.6) is 0 Å². The Morgan fingerprint density at radius 3 is 2.61 bits per heavy atom. The largest absolute Gasteiger partial charge is 0.336 e. The number of carbonyl (C=O) groups excluding carboxylic acids is 1. The monoisotopic (exact) mass is 555 g/mol. The Balaban J connectivity index is 1.39. The smallest absolute Gasteiger partial charge is 0.237 e. The van der Waals surface area contributed by atoms with E-state index >= 15 is 0 Å². The number of halogens is 1. The van der Waals surface area contributed by atoms with Crippen molar-refractivity contribution in [1.29, 1.82) is 0 Å². The van der Waals surface area contributed by atoms with E-state index < -0.39 is 11.2 Å². The van der Waals surface area contributed by atoms with Crippen LogP contribution < -0.4 is 15.5 Å². The highest BCUT2D eigenvalue weighted by atomic mass is 19.1. The van der Waals surface area contributed by atoms with Crippen molar-refractivity contribution in [1.82, 2.24) is 24.8 Å². The van der Waals surface area contributed by atoms with Gasteiger partial charge in [0.05, 0.1) is 34.8 Å². The fourth-order valence-corrected chi connectivity index (χ4v) is 5.97. The molecule has 0 spiro atoms. The molecule has 2 N–H and O–H groups in total. The van der Waals surface area contributed by atoms with Crippen LogP contribution in [0, 0.1) is 11.7 Å². The van der Waals surface area contributed by atoms with Gasteiger partial charge in [0.25, 0.3) is 0 Å². The maximum Gasteiger partial charge on any atom is 0.237 e. The molecule has 4 heterocycles. The number of carbonyl (C=O) groups is 1. The third-order valence-corrected chi connectivity index (χ3v) is 8.41. The predicted molar refractivity (Wildman–Crippen MR) is 161 cm³/mol. The number of fused-ring (bicyclic) bond motifs is 2. The van der Waals surface area contributed by atoms with Crippen LogP contribution in [-0.2, 0) is 10.2 Å². The first kappa shape index (κ1) is 27.3. The summed E-state index contributed by atoms with van der Waals surface area (Å²) in [4.78, 5) is 29.2. The Hall–Kier alpha value is -3.85. The second kappa shape index (κ2) is 10.2. The van der Waals surface area contributed by atoms with Crippen molar-refractivity contribution in [2.75, 3.05) is 16.8 Å². The molecule has 1 aromatic carbocycles. The van der Waals surface area contributed by atoms with E-state index in [0.29, 0.717) is 29.2 Å². The van der Waals surface area contributed by atoms with Gasteiger partial charge in [0.15, 0.2) is 11.6 Å². The molecular formula is C32H38FN7O. The Kier molecular flexibility index (Phi) is 6.80. The standard InChI is InChI=1S/C32H38FN7O/c1-18(2)15-35-21-12-22(13-21)40-28-11-20(7-8-23(28)32(5,6)31(40)41)26-14-27-29(39(17-36-27)19(3)4)30(38-26)37-25-9-10-34-16-24(25)33/h7-11,14,16-19,21-22,35H,12-13,15H2,1-6H3,(H,34,37,38). The molecule has 0 saturated heterocycles. The minimum atomic E-state index is -0.594. The van der Waals surface area contributed by atoms with E-state index in [1.807, 2.05) is 35.4 Å².